The first-order valence-corrected chi connectivity index (χ1v) is 11.2. The zero-order valence-corrected chi connectivity index (χ0v) is 18.9. The van der Waals surface area contributed by atoms with Crippen molar-refractivity contribution in [3.63, 3.8) is 0 Å². The molecular formula is C24H30N2O6. The first-order valence-electron chi connectivity index (χ1n) is 11.2. The van der Waals surface area contributed by atoms with Gasteiger partial charge in [-0.15, -0.1) is 0 Å². The van der Waals surface area contributed by atoms with Crippen LogP contribution < -0.4 is 20.4 Å². The average molecular weight is 443 g/mol. The Morgan fingerprint density at radius 1 is 1.25 bits per heavy atom. The summed E-state index contributed by atoms with van der Waals surface area (Å²) in [6, 6.07) is 3.22. The van der Waals surface area contributed by atoms with Crippen LogP contribution in [0.3, 0.4) is 0 Å². The molecule has 4 rings (SSSR count). The van der Waals surface area contributed by atoms with Gasteiger partial charge in [0.05, 0.1) is 5.39 Å². The van der Waals surface area contributed by atoms with E-state index >= 15 is 0 Å². The molecule has 0 spiro atoms. The number of fused-ring (bicyclic) bond motifs is 3. The van der Waals surface area contributed by atoms with Crippen LogP contribution in [0, 0.1) is 6.92 Å². The van der Waals surface area contributed by atoms with Crippen molar-refractivity contribution < 1.29 is 23.5 Å². The lowest BCUT2D eigenvalue weighted by molar-refractivity contribution is -0.127. The van der Waals surface area contributed by atoms with Gasteiger partial charge in [0, 0.05) is 43.8 Å². The highest BCUT2D eigenvalue weighted by Gasteiger charge is 2.30. The topological polar surface area (TPSA) is 98.1 Å². The summed E-state index contributed by atoms with van der Waals surface area (Å²) in [6.45, 7) is 7.61. The fourth-order valence-corrected chi connectivity index (χ4v) is 4.37. The minimum absolute atomic E-state index is 0.168. The number of nitrogens with one attached hydrogen (secondary N) is 1. The third-order valence-electron chi connectivity index (χ3n) is 6.06. The Morgan fingerprint density at radius 2 is 2.06 bits per heavy atom. The molecule has 1 fully saturated rings. The average Bonchev–Trinajstić information content (AvgIpc) is 3.12. The lowest BCUT2D eigenvalue weighted by atomic mass is 9.92. The molecular weight excluding hydrogens is 412 g/mol. The normalized spacial score (nSPS) is 17.2. The summed E-state index contributed by atoms with van der Waals surface area (Å²) in [5, 5.41) is 3.52. The fourth-order valence-electron chi connectivity index (χ4n) is 4.37. The van der Waals surface area contributed by atoms with Crippen LogP contribution in [0.4, 0.5) is 0 Å². The molecule has 0 radical (unpaired) electrons. The van der Waals surface area contributed by atoms with Crippen molar-refractivity contribution in [2.24, 2.45) is 0 Å². The zero-order valence-electron chi connectivity index (χ0n) is 18.9. The number of amides is 2. The number of hydrogen-bond acceptors (Lipinski definition) is 6. The van der Waals surface area contributed by atoms with E-state index in [1.165, 1.54) is 6.07 Å². The lowest BCUT2D eigenvalue weighted by Crippen LogP contribution is -2.33. The van der Waals surface area contributed by atoms with Gasteiger partial charge in [-0.05, 0) is 52.0 Å². The van der Waals surface area contributed by atoms with Gasteiger partial charge in [0.2, 0.25) is 5.91 Å². The van der Waals surface area contributed by atoms with Gasteiger partial charge in [-0.25, -0.2) is 4.79 Å². The molecule has 3 heterocycles. The van der Waals surface area contributed by atoms with Crippen LogP contribution in [0.25, 0.3) is 11.0 Å². The van der Waals surface area contributed by atoms with Gasteiger partial charge in [-0.1, -0.05) is 0 Å². The molecule has 0 bridgehead atoms. The van der Waals surface area contributed by atoms with Crippen LogP contribution in [-0.4, -0.2) is 48.6 Å². The number of nitrogens with zero attached hydrogens (tertiary/aromatic N) is 1. The summed E-state index contributed by atoms with van der Waals surface area (Å²) in [4.78, 5) is 37.8. The van der Waals surface area contributed by atoms with Gasteiger partial charge in [0.15, 0.2) is 6.61 Å². The minimum Gasteiger partial charge on any atom is -0.487 e. The van der Waals surface area contributed by atoms with Gasteiger partial charge < -0.3 is 24.1 Å². The maximum absolute atomic E-state index is 12.3. The molecule has 2 aliphatic rings. The quantitative estimate of drug-likeness (QED) is 0.523. The third kappa shape index (κ3) is 4.74. The Morgan fingerprint density at radius 3 is 2.81 bits per heavy atom. The second-order valence-corrected chi connectivity index (χ2v) is 9.14. The second-order valence-electron chi connectivity index (χ2n) is 9.14. The Bertz CT molecular complexity index is 1100. The summed E-state index contributed by atoms with van der Waals surface area (Å²) in [5.74, 6) is 1.01. The van der Waals surface area contributed by atoms with E-state index in [9.17, 15) is 14.4 Å². The Hall–Kier alpha value is -3.03. The zero-order chi connectivity index (χ0) is 22.9. The molecule has 1 N–H and O–H groups in total. The molecule has 0 aliphatic carbocycles. The number of carbonyl (C=O) groups is 2. The molecule has 2 aromatic rings. The molecule has 8 nitrogen and oxygen atoms in total. The van der Waals surface area contributed by atoms with E-state index in [2.05, 4.69) is 5.32 Å². The van der Waals surface area contributed by atoms with E-state index in [0.29, 0.717) is 48.4 Å². The number of hydrogen-bond donors (Lipinski definition) is 1. The number of likely N-dealkylation sites (tertiary alicyclic amines) is 1. The van der Waals surface area contributed by atoms with Crippen LogP contribution in [0.2, 0.25) is 0 Å². The highest BCUT2D eigenvalue weighted by atomic mass is 16.5. The molecule has 2 amide bonds. The molecule has 1 saturated heterocycles. The molecule has 172 valence electrons. The number of ether oxygens (including phenoxy) is 2. The predicted molar refractivity (Wildman–Crippen MR) is 119 cm³/mol. The molecule has 1 aromatic carbocycles. The van der Waals surface area contributed by atoms with Crippen molar-refractivity contribution >= 4 is 22.8 Å². The molecule has 2 aliphatic heterocycles. The summed E-state index contributed by atoms with van der Waals surface area (Å²) < 4.78 is 17.5. The first kappa shape index (κ1) is 22.2. The van der Waals surface area contributed by atoms with E-state index in [0.717, 1.165) is 36.9 Å². The Balaban J connectivity index is 1.45. The van der Waals surface area contributed by atoms with Gasteiger partial charge in [-0.3, -0.25) is 9.59 Å². The van der Waals surface area contributed by atoms with E-state index in [4.69, 9.17) is 13.9 Å². The molecule has 32 heavy (non-hydrogen) atoms. The van der Waals surface area contributed by atoms with Crippen molar-refractivity contribution in [1.82, 2.24) is 10.2 Å². The Labute approximate surface area is 186 Å². The monoisotopic (exact) mass is 442 g/mol. The molecule has 8 heteroatoms. The fraction of sp³-hybridized carbons (Fsp3) is 0.542. The summed E-state index contributed by atoms with van der Waals surface area (Å²) in [5.41, 5.74) is 1.29. The standard InChI is InChI=1S/C24H30N2O6/c1-15-12-21(29)31-23-16-7-8-24(2,3)32-17(16)13-18(22(15)23)30-14-19(27)25-9-5-11-26-10-4-6-20(26)28/h12-13H,4-11,14H2,1-3H3,(H,25,27). The maximum Gasteiger partial charge on any atom is 0.336 e. The van der Waals surface area contributed by atoms with E-state index < -0.39 is 5.63 Å². The van der Waals surface area contributed by atoms with Crippen molar-refractivity contribution in [3.05, 3.63) is 33.7 Å². The van der Waals surface area contributed by atoms with Gasteiger partial charge in [0.1, 0.15) is 22.7 Å². The molecule has 0 unspecified atom stereocenters. The van der Waals surface area contributed by atoms with Crippen molar-refractivity contribution in [2.45, 2.75) is 58.5 Å². The van der Waals surface area contributed by atoms with Crippen LogP contribution >= 0.6 is 0 Å². The first-order chi connectivity index (χ1) is 15.2. The summed E-state index contributed by atoms with van der Waals surface area (Å²) in [7, 11) is 0. The van der Waals surface area contributed by atoms with Crippen molar-refractivity contribution in [1.29, 1.82) is 0 Å². The number of benzene rings is 1. The van der Waals surface area contributed by atoms with Crippen LogP contribution in [-0.2, 0) is 16.0 Å². The summed E-state index contributed by atoms with van der Waals surface area (Å²) in [6.07, 6.45) is 3.76. The Kier molecular flexibility index (Phi) is 6.13. The minimum atomic E-state index is -0.423. The van der Waals surface area contributed by atoms with Crippen molar-refractivity contribution in [3.8, 4) is 11.5 Å². The van der Waals surface area contributed by atoms with E-state index in [-0.39, 0.29) is 24.0 Å². The van der Waals surface area contributed by atoms with Gasteiger partial charge in [0.25, 0.3) is 5.91 Å². The van der Waals surface area contributed by atoms with E-state index in [1.807, 2.05) is 25.7 Å². The molecule has 1 aromatic heterocycles. The van der Waals surface area contributed by atoms with Crippen molar-refractivity contribution in [2.75, 3.05) is 26.2 Å². The van der Waals surface area contributed by atoms with Crippen LogP contribution in [0.15, 0.2) is 21.3 Å². The highest BCUT2D eigenvalue weighted by molar-refractivity contribution is 5.91. The molecule has 0 atom stereocenters. The van der Waals surface area contributed by atoms with Gasteiger partial charge >= 0.3 is 5.63 Å². The predicted octanol–water partition coefficient (Wildman–Crippen LogP) is 2.71. The van der Waals surface area contributed by atoms with Crippen LogP contribution in [0.5, 0.6) is 11.5 Å². The smallest absolute Gasteiger partial charge is 0.336 e. The number of carbonyl (C=O) groups excluding carboxylic acids is 2. The highest BCUT2D eigenvalue weighted by Crippen LogP contribution is 2.42. The summed E-state index contributed by atoms with van der Waals surface area (Å²) >= 11 is 0. The third-order valence-corrected chi connectivity index (χ3v) is 6.06. The van der Waals surface area contributed by atoms with E-state index in [1.54, 1.807) is 6.07 Å². The second kappa shape index (κ2) is 8.84. The van der Waals surface area contributed by atoms with Gasteiger partial charge in [-0.2, -0.15) is 0 Å². The molecule has 0 saturated carbocycles. The van der Waals surface area contributed by atoms with Crippen LogP contribution in [0.1, 0.15) is 50.7 Å². The lowest BCUT2D eigenvalue weighted by Gasteiger charge is -2.33. The maximum atomic E-state index is 12.3. The number of aryl methyl sites for hydroxylation is 2. The number of rotatable bonds is 7. The SMILES string of the molecule is Cc1cc(=O)oc2c3c(cc(OCC(=O)NCCCN4CCCC4=O)c12)OC(C)(C)CC3. The largest absolute Gasteiger partial charge is 0.487 e.